The Labute approximate surface area is 118 Å². The van der Waals surface area contributed by atoms with Gasteiger partial charge in [-0.3, -0.25) is 0 Å². The molecule has 0 unspecified atom stereocenters. The van der Waals surface area contributed by atoms with E-state index in [0.717, 1.165) is 11.3 Å². The maximum absolute atomic E-state index is 12.7. The monoisotopic (exact) mass is 334 g/mol. The van der Waals surface area contributed by atoms with E-state index in [1.807, 2.05) is 6.92 Å². The predicted octanol–water partition coefficient (Wildman–Crippen LogP) is 2.04. The first-order valence-corrected chi connectivity index (χ1v) is 7.99. The van der Waals surface area contributed by atoms with Gasteiger partial charge in [0.1, 0.15) is 4.21 Å². The van der Waals surface area contributed by atoms with Gasteiger partial charge >= 0.3 is 12.3 Å². The molecule has 1 heterocycles. The number of sulfonamides is 1. The lowest BCUT2D eigenvalue weighted by Gasteiger charge is -2.15. The smallest absolute Gasteiger partial charge is 0.313 e. The molecule has 0 aromatic carbocycles. The Bertz CT molecular complexity index is 531. The lowest BCUT2D eigenvalue weighted by atomic mass is 10.3. The second-order valence-electron chi connectivity index (χ2n) is 3.94. The van der Waals surface area contributed by atoms with Crippen molar-refractivity contribution in [3.63, 3.8) is 0 Å². The van der Waals surface area contributed by atoms with Gasteiger partial charge in [-0.2, -0.15) is 8.78 Å². The van der Waals surface area contributed by atoms with Crippen LogP contribution in [0, 0.1) is 0 Å². The fourth-order valence-electron chi connectivity index (χ4n) is 1.20. The highest BCUT2D eigenvalue weighted by atomic mass is 32.2. The van der Waals surface area contributed by atoms with Gasteiger partial charge in [-0.25, -0.2) is 21.9 Å². The van der Waals surface area contributed by atoms with Crippen molar-refractivity contribution in [3.05, 3.63) is 17.0 Å². The maximum atomic E-state index is 12.7. The van der Waals surface area contributed by atoms with Crippen LogP contribution in [0.2, 0.25) is 0 Å². The van der Waals surface area contributed by atoms with Crippen LogP contribution >= 0.6 is 11.3 Å². The van der Waals surface area contributed by atoms with Crippen LogP contribution in [0.1, 0.15) is 12.5 Å². The third-order valence-corrected chi connectivity index (χ3v) is 5.18. The Kier molecular flexibility index (Phi) is 5.92. The van der Waals surface area contributed by atoms with Gasteiger partial charge in [-0.15, -0.1) is 11.3 Å². The van der Waals surface area contributed by atoms with Crippen molar-refractivity contribution in [1.29, 1.82) is 0 Å². The number of halogens is 4. The summed E-state index contributed by atoms with van der Waals surface area (Å²) in [5.74, 6) is -4.39. The molecule has 0 fully saturated rings. The number of alkyl halides is 4. The Hall–Kier alpha value is -0.710. The number of nitrogens with one attached hydrogen (secondary N) is 2. The van der Waals surface area contributed by atoms with Gasteiger partial charge in [0.15, 0.2) is 0 Å². The molecule has 2 N–H and O–H groups in total. The Morgan fingerprint density at radius 1 is 1.40 bits per heavy atom. The van der Waals surface area contributed by atoms with Crippen molar-refractivity contribution in [1.82, 2.24) is 10.0 Å². The molecule has 0 saturated carbocycles. The van der Waals surface area contributed by atoms with Gasteiger partial charge in [0.05, 0.1) is 6.54 Å². The zero-order chi connectivity index (χ0) is 15.4. The van der Waals surface area contributed by atoms with Crippen LogP contribution in [-0.4, -0.2) is 33.9 Å². The summed E-state index contributed by atoms with van der Waals surface area (Å²) >= 11 is 0.843. The molecule has 116 valence electrons. The average Bonchev–Trinajstić information content (AvgIpc) is 2.83. The normalized spacial score (nSPS) is 13.1. The van der Waals surface area contributed by atoms with Crippen molar-refractivity contribution in [2.24, 2.45) is 0 Å². The minimum atomic E-state index is -4.39. The molecular weight excluding hydrogens is 320 g/mol. The zero-order valence-corrected chi connectivity index (χ0v) is 12.1. The molecule has 1 rings (SSSR count). The van der Waals surface area contributed by atoms with E-state index in [0.29, 0.717) is 18.7 Å². The fraction of sp³-hybridized carbons (Fsp3) is 0.600. The molecule has 1 aromatic heterocycles. The lowest BCUT2D eigenvalue weighted by molar-refractivity contribution is -0.122. The molecule has 0 aliphatic rings. The van der Waals surface area contributed by atoms with Crippen LogP contribution < -0.4 is 10.0 Å². The topological polar surface area (TPSA) is 58.2 Å². The van der Waals surface area contributed by atoms with E-state index in [2.05, 4.69) is 5.32 Å². The molecule has 0 atom stereocenters. The summed E-state index contributed by atoms with van der Waals surface area (Å²) in [4.78, 5) is 0. The maximum Gasteiger partial charge on any atom is 0.320 e. The molecule has 0 spiro atoms. The molecule has 0 bridgehead atoms. The van der Waals surface area contributed by atoms with Crippen molar-refractivity contribution < 1.29 is 26.0 Å². The standard InChI is InChI=1S/C10H14F4N2O2S2/c1-2-15-4-7-3-8(19-5-7)20(17,18)16-6-10(13,14)9(11)12/h3,5,9,15-16H,2,4,6H2,1H3. The van der Waals surface area contributed by atoms with E-state index in [-0.39, 0.29) is 4.21 Å². The van der Waals surface area contributed by atoms with Crippen molar-refractivity contribution in [2.45, 2.75) is 30.0 Å². The van der Waals surface area contributed by atoms with Crippen LogP contribution in [-0.2, 0) is 16.6 Å². The molecule has 20 heavy (non-hydrogen) atoms. The summed E-state index contributed by atoms with van der Waals surface area (Å²) in [7, 11) is -4.20. The first-order valence-electron chi connectivity index (χ1n) is 5.63. The number of hydrogen-bond donors (Lipinski definition) is 2. The van der Waals surface area contributed by atoms with E-state index in [9.17, 15) is 26.0 Å². The molecule has 0 saturated heterocycles. The quantitative estimate of drug-likeness (QED) is 0.715. The van der Waals surface area contributed by atoms with Crippen LogP contribution in [0.4, 0.5) is 17.6 Å². The van der Waals surface area contributed by atoms with E-state index >= 15 is 0 Å². The third-order valence-electron chi connectivity index (χ3n) is 2.29. The van der Waals surface area contributed by atoms with Gasteiger partial charge in [0.25, 0.3) is 0 Å². The van der Waals surface area contributed by atoms with Crippen LogP contribution in [0.3, 0.4) is 0 Å². The van der Waals surface area contributed by atoms with Gasteiger partial charge in [-0.05, 0) is 23.6 Å². The second-order valence-corrected chi connectivity index (χ2v) is 6.85. The average molecular weight is 334 g/mol. The molecule has 0 radical (unpaired) electrons. The predicted molar refractivity (Wildman–Crippen MR) is 67.8 cm³/mol. The van der Waals surface area contributed by atoms with Gasteiger partial charge < -0.3 is 5.32 Å². The zero-order valence-electron chi connectivity index (χ0n) is 10.5. The van der Waals surface area contributed by atoms with E-state index in [1.165, 1.54) is 10.8 Å². The van der Waals surface area contributed by atoms with E-state index in [1.54, 1.807) is 5.38 Å². The van der Waals surface area contributed by atoms with Gasteiger partial charge in [0.2, 0.25) is 10.0 Å². The van der Waals surface area contributed by atoms with E-state index < -0.39 is 28.9 Å². The van der Waals surface area contributed by atoms with Crippen LogP contribution in [0.25, 0.3) is 0 Å². The molecule has 4 nitrogen and oxygen atoms in total. The van der Waals surface area contributed by atoms with E-state index in [4.69, 9.17) is 0 Å². The molecule has 10 heteroatoms. The summed E-state index contributed by atoms with van der Waals surface area (Å²) in [5.41, 5.74) is 0.679. The van der Waals surface area contributed by atoms with Crippen LogP contribution in [0.5, 0.6) is 0 Å². The molecule has 0 aliphatic heterocycles. The first-order chi connectivity index (χ1) is 9.19. The lowest BCUT2D eigenvalue weighted by Crippen LogP contribution is -2.41. The number of rotatable bonds is 8. The van der Waals surface area contributed by atoms with Gasteiger partial charge in [-0.1, -0.05) is 6.92 Å². The summed E-state index contributed by atoms with van der Waals surface area (Å²) in [6.45, 7) is 1.37. The highest BCUT2D eigenvalue weighted by Crippen LogP contribution is 2.24. The highest BCUT2D eigenvalue weighted by molar-refractivity contribution is 7.91. The minimum Gasteiger partial charge on any atom is -0.313 e. The third kappa shape index (κ3) is 4.69. The second kappa shape index (κ2) is 6.83. The molecule has 1 aromatic rings. The summed E-state index contributed by atoms with van der Waals surface area (Å²) in [6, 6.07) is 1.32. The summed E-state index contributed by atoms with van der Waals surface area (Å²) in [5, 5.41) is 4.53. The largest absolute Gasteiger partial charge is 0.320 e. The van der Waals surface area contributed by atoms with Gasteiger partial charge in [0, 0.05) is 6.54 Å². The summed E-state index contributed by atoms with van der Waals surface area (Å²) < 4.78 is 73.9. The molecule has 0 amide bonds. The molecular formula is C10H14F4N2O2S2. The summed E-state index contributed by atoms with van der Waals surface area (Å²) in [6.07, 6.45) is -3.92. The fourth-order valence-corrected chi connectivity index (χ4v) is 3.49. The Morgan fingerprint density at radius 3 is 2.60 bits per heavy atom. The first kappa shape index (κ1) is 17.3. The van der Waals surface area contributed by atoms with Crippen molar-refractivity contribution >= 4 is 21.4 Å². The SMILES string of the molecule is CCNCc1csc(S(=O)(=O)NCC(F)(F)C(F)F)c1. The Balaban J connectivity index is 2.72. The van der Waals surface area contributed by atoms with Crippen molar-refractivity contribution in [2.75, 3.05) is 13.1 Å². The highest BCUT2D eigenvalue weighted by Gasteiger charge is 2.41. The molecule has 0 aliphatic carbocycles. The number of hydrogen-bond acceptors (Lipinski definition) is 4. The Morgan fingerprint density at radius 2 is 2.05 bits per heavy atom. The van der Waals surface area contributed by atoms with Crippen LogP contribution in [0.15, 0.2) is 15.7 Å². The number of thiophene rings is 1. The van der Waals surface area contributed by atoms with Crippen molar-refractivity contribution in [3.8, 4) is 0 Å². The minimum absolute atomic E-state index is 0.185.